The van der Waals surface area contributed by atoms with Gasteiger partial charge in [0.05, 0.1) is 5.69 Å². The number of hydrogen-bond donors (Lipinski definition) is 0. The summed E-state index contributed by atoms with van der Waals surface area (Å²) in [6.07, 6.45) is 4.40. The van der Waals surface area contributed by atoms with Crippen LogP contribution in [0.3, 0.4) is 0 Å². The maximum atomic E-state index is 13.1. The number of hydrogen-bond acceptors (Lipinski definition) is 2. The number of carbonyl (C=O) groups excluding carboxylic acids is 1. The fourth-order valence-electron chi connectivity index (χ4n) is 3.22. The SMILES string of the molecule is CCCCCN(Cc1ccc(F)cc1)C(=O)CCc1c(C)nn(C)c1C. The number of aromatic nitrogens is 2. The Kier molecular flexibility index (Phi) is 7.37. The zero-order valence-electron chi connectivity index (χ0n) is 16.4. The first-order valence-electron chi connectivity index (χ1n) is 9.43. The van der Waals surface area contributed by atoms with Crippen LogP contribution in [0.5, 0.6) is 0 Å². The Hall–Kier alpha value is -2.17. The van der Waals surface area contributed by atoms with Crippen molar-refractivity contribution >= 4 is 5.91 Å². The van der Waals surface area contributed by atoms with E-state index in [-0.39, 0.29) is 11.7 Å². The summed E-state index contributed by atoms with van der Waals surface area (Å²) >= 11 is 0. The summed E-state index contributed by atoms with van der Waals surface area (Å²) in [6, 6.07) is 6.41. The van der Waals surface area contributed by atoms with Crippen molar-refractivity contribution in [2.75, 3.05) is 6.54 Å². The molecule has 5 heteroatoms. The lowest BCUT2D eigenvalue weighted by molar-refractivity contribution is -0.131. The van der Waals surface area contributed by atoms with E-state index in [9.17, 15) is 9.18 Å². The third-order valence-electron chi connectivity index (χ3n) is 4.92. The smallest absolute Gasteiger partial charge is 0.223 e. The Morgan fingerprint density at radius 2 is 1.88 bits per heavy atom. The van der Waals surface area contributed by atoms with Gasteiger partial charge < -0.3 is 4.90 Å². The van der Waals surface area contributed by atoms with Gasteiger partial charge >= 0.3 is 0 Å². The number of benzene rings is 1. The molecule has 0 aliphatic rings. The van der Waals surface area contributed by atoms with Crippen molar-refractivity contribution in [1.29, 1.82) is 0 Å². The lowest BCUT2D eigenvalue weighted by Gasteiger charge is -2.23. The Morgan fingerprint density at radius 1 is 1.19 bits per heavy atom. The van der Waals surface area contributed by atoms with Gasteiger partial charge in [0.2, 0.25) is 5.91 Å². The van der Waals surface area contributed by atoms with Crippen LogP contribution in [0, 0.1) is 19.7 Å². The van der Waals surface area contributed by atoms with E-state index in [2.05, 4.69) is 12.0 Å². The lowest BCUT2D eigenvalue weighted by atomic mass is 10.1. The Morgan fingerprint density at radius 3 is 2.46 bits per heavy atom. The highest BCUT2D eigenvalue weighted by Gasteiger charge is 2.16. The average Bonchev–Trinajstić information content (AvgIpc) is 2.86. The molecule has 0 saturated carbocycles. The summed E-state index contributed by atoms with van der Waals surface area (Å²) in [5.41, 5.74) is 4.24. The molecule has 1 heterocycles. The Balaban J connectivity index is 2.02. The summed E-state index contributed by atoms with van der Waals surface area (Å²) in [5.74, 6) is -0.104. The van der Waals surface area contributed by atoms with Crippen molar-refractivity contribution < 1.29 is 9.18 Å². The molecule has 2 rings (SSSR count). The van der Waals surface area contributed by atoms with Crippen molar-refractivity contribution in [3.05, 3.63) is 52.6 Å². The molecule has 0 aliphatic heterocycles. The zero-order valence-corrected chi connectivity index (χ0v) is 16.4. The van der Waals surface area contributed by atoms with Gasteiger partial charge in [-0.15, -0.1) is 0 Å². The predicted octanol–water partition coefficient (Wildman–Crippen LogP) is 4.33. The van der Waals surface area contributed by atoms with Crippen LogP contribution in [-0.4, -0.2) is 27.1 Å². The standard InChI is InChI=1S/C21H30FN3O/c1-5-6-7-14-25(15-18-8-10-19(22)11-9-18)21(26)13-12-20-16(2)23-24(4)17(20)3/h8-11H,5-7,12-15H2,1-4H3. The molecule has 0 bridgehead atoms. The first-order valence-corrected chi connectivity index (χ1v) is 9.43. The van der Waals surface area contributed by atoms with Crippen molar-refractivity contribution in [3.8, 4) is 0 Å². The van der Waals surface area contributed by atoms with E-state index in [1.54, 1.807) is 12.1 Å². The molecule has 0 atom stereocenters. The van der Waals surface area contributed by atoms with Gasteiger partial charge in [0.1, 0.15) is 5.82 Å². The van der Waals surface area contributed by atoms with Crippen LogP contribution >= 0.6 is 0 Å². The summed E-state index contributed by atoms with van der Waals surface area (Å²) in [7, 11) is 1.93. The molecule has 0 radical (unpaired) electrons. The van der Waals surface area contributed by atoms with Gasteiger partial charge in [-0.05, 0) is 49.9 Å². The molecule has 1 aromatic carbocycles. The molecule has 142 valence electrons. The number of halogens is 1. The number of unbranched alkanes of at least 4 members (excludes halogenated alkanes) is 2. The van der Waals surface area contributed by atoms with Gasteiger partial charge in [0.15, 0.2) is 0 Å². The summed E-state index contributed by atoms with van der Waals surface area (Å²) in [5, 5.41) is 4.43. The Bertz CT molecular complexity index is 722. The van der Waals surface area contributed by atoms with E-state index in [0.29, 0.717) is 19.4 Å². The molecule has 26 heavy (non-hydrogen) atoms. The zero-order chi connectivity index (χ0) is 19.1. The topological polar surface area (TPSA) is 38.1 Å². The third kappa shape index (κ3) is 5.41. The van der Waals surface area contributed by atoms with Crippen LogP contribution in [0.2, 0.25) is 0 Å². The van der Waals surface area contributed by atoms with Crippen LogP contribution < -0.4 is 0 Å². The highest BCUT2D eigenvalue weighted by atomic mass is 19.1. The van der Waals surface area contributed by atoms with E-state index >= 15 is 0 Å². The maximum absolute atomic E-state index is 13.1. The molecule has 2 aromatic rings. The van der Waals surface area contributed by atoms with Crippen LogP contribution in [0.25, 0.3) is 0 Å². The molecule has 1 amide bonds. The highest BCUT2D eigenvalue weighted by molar-refractivity contribution is 5.76. The summed E-state index contributed by atoms with van der Waals surface area (Å²) in [6.45, 7) is 7.46. The van der Waals surface area contributed by atoms with Gasteiger partial charge in [0.25, 0.3) is 0 Å². The van der Waals surface area contributed by atoms with E-state index in [1.165, 1.54) is 12.1 Å². The third-order valence-corrected chi connectivity index (χ3v) is 4.92. The predicted molar refractivity (Wildman–Crippen MR) is 102 cm³/mol. The van der Waals surface area contributed by atoms with E-state index in [0.717, 1.165) is 48.3 Å². The van der Waals surface area contributed by atoms with Crippen molar-refractivity contribution in [2.24, 2.45) is 7.05 Å². The second-order valence-corrected chi connectivity index (χ2v) is 6.92. The van der Waals surface area contributed by atoms with Gasteiger partial charge in [0, 0.05) is 32.3 Å². The maximum Gasteiger partial charge on any atom is 0.223 e. The Labute approximate surface area is 156 Å². The number of aryl methyl sites for hydroxylation is 2. The second kappa shape index (κ2) is 9.51. The highest BCUT2D eigenvalue weighted by Crippen LogP contribution is 2.16. The summed E-state index contributed by atoms with van der Waals surface area (Å²) in [4.78, 5) is 14.7. The molecular formula is C21H30FN3O. The van der Waals surface area contributed by atoms with Crippen molar-refractivity contribution in [2.45, 2.75) is 59.4 Å². The molecule has 0 saturated heterocycles. The fraction of sp³-hybridized carbons (Fsp3) is 0.524. The van der Waals surface area contributed by atoms with E-state index < -0.39 is 0 Å². The molecule has 0 unspecified atom stereocenters. The first kappa shape index (κ1) is 20.1. The quantitative estimate of drug-likeness (QED) is 0.625. The second-order valence-electron chi connectivity index (χ2n) is 6.92. The fourth-order valence-corrected chi connectivity index (χ4v) is 3.22. The van der Waals surface area contributed by atoms with Crippen LogP contribution in [0.1, 0.15) is 55.1 Å². The minimum absolute atomic E-state index is 0.146. The van der Waals surface area contributed by atoms with Crippen LogP contribution in [0.15, 0.2) is 24.3 Å². The van der Waals surface area contributed by atoms with Crippen molar-refractivity contribution in [3.63, 3.8) is 0 Å². The largest absolute Gasteiger partial charge is 0.338 e. The summed E-state index contributed by atoms with van der Waals surface area (Å²) < 4.78 is 15.0. The molecule has 0 fully saturated rings. The van der Waals surface area contributed by atoms with E-state index in [1.807, 2.05) is 30.5 Å². The van der Waals surface area contributed by atoms with Crippen molar-refractivity contribution in [1.82, 2.24) is 14.7 Å². The minimum atomic E-state index is -0.250. The molecule has 0 N–H and O–H groups in total. The molecular weight excluding hydrogens is 329 g/mol. The van der Waals surface area contributed by atoms with Crippen LogP contribution in [-0.2, 0) is 24.8 Å². The number of amides is 1. The van der Waals surface area contributed by atoms with Crippen LogP contribution in [0.4, 0.5) is 4.39 Å². The number of rotatable bonds is 9. The molecule has 0 spiro atoms. The molecule has 0 aliphatic carbocycles. The number of carbonyl (C=O) groups is 1. The monoisotopic (exact) mass is 359 g/mol. The number of nitrogens with zero attached hydrogens (tertiary/aromatic N) is 3. The first-order chi connectivity index (χ1) is 12.4. The normalized spacial score (nSPS) is 11.0. The lowest BCUT2D eigenvalue weighted by Crippen LogP contribution is -2.31. The van der Waals surface area contributed by atoms with Gasteiger partial charge in [-0.2, -0.15) is 5.10 Å². The average molecular weight is 359 g/mol. The van der Waals surface area contributed by atoms with E-state index in [4.69, 9.17) is 0 Å². The van der Waals surface area contributed by atoms with Gasteiger partial charge in [-0.3, -0.25) is 9.48 Å². The molecule has 1 aromatic heterocycles. The van der Waals surface area contributed by atoms with Gasteiger partial charge in [-0.25, -0.2) is 4.39 Å². The molecule has 4 nitrogen and oxygen atoms in total. The van der Waals surface area contributed by atoms with Gasteiger partial charge in [-0.1, -0.05) is 31.9 Å². The minimum Gasteiger partial charge on any atom is -0.338 e.